The molecular formula is C25H28N2OS. The fourth-order valence-electron chi connectivity index (χ4n) is 4.55. The van der Waals surface area contributed by atoms with Gasteiger partial charge in [-0.05, 0) is 56.2 Å². The number of aryl methyl sites for hydroxylation is 2. The molecule has 2 aromatic heterocycles. The van der Waals surface area contributed by atoms with E-state index >= 15 is 0 Å². The van der Waals surface area contributed by atoms with Crippen LogP contribution in [0.4, 0.5) is 0 Å². The number of hydrogen-bond acceptors (Lipinski definition) is 4. The summed E-state index contributed by atoms with van der Waals surface area (Å²) in [5.74, 6) is 0.229. The van der Waals surface area contributed by atoms with Crippen molar-refractivity contribution in [1.29, 1.82) is 0 Å². The maximum atomic E-state index is 13.1. The molecule has 1 aromatic carbocycles. The van der Waals surface area contributed by atoms with Crippen LogP contribution in [-0.4, -0.2) is 15.8 Å². The maximum Gasteiger partial charge on any atom is 0.174 e. The Balaban J connectivity index is 1.53. The number of pyridine rings is 1. The van der Waals surface area contributed by atoms with Crippen molar-refractivity contribution in [3.8, 4) is 10.6 Å². The molecule has 0 saturated heterocycles. The molecule has 0 spiro atoms. The summed E-state index contributed by atoms with van der Waals surface area (Å²) in [7, 11) is 0. The van der Waals surface area contributed by atoms with E-state index in [1.165, 1.54) is 54.6 Å². The van der Waals surface area contributed by atoms with E-state index in [2.05, 4.69) is 41.2 Å². The van der Waals surface area contributed by atoms with Gasteiger partial charge in [0.2, 0.25) is 0 Å². The van der Waals surface area contributed by atoms with E-state index in [-0.39, 0.29) is 11.2 Å². The predicted molar refractivity (Wildman–Crippen MR) is 120 cm³/mol. The molecule has 0 radical (unpaired) electrons. The molecule has 29 heavy (non-hydrogen) atoms. The van der Waals surface area contributed by atoms with Crippen LogP contribution in [-0.2, 0) is 5.41 Å². The number of carbonyl (C=O) groups is 1. The van der Waals surface area contributed by atoms with Crippen molar-refractivity contribution < 1.29 is 4.79 Å². The molecule has 150 valence electrons. The molecule has 4 heteroatoms. The van der Waals surface area contributed by atoms with Crippen molar-refractivity contribution in [3.05, 3.63) is 70.5 Å². The van der Waals surface area contributed by atoms with Gasteiger partial charge in [0.05, 0.1) is 10.6 Å². The van der Waals surface area contributed by atoms with Crippen LogP contribution in [0.25, 0.3) is 10.6 Å². The van der Waals surface area contributed by atoms with Crippen molar-refractivity contribution in [3.63, 3.8) is 0 Å². The van der Waals surface area contributed by atoms with Crippen molar-refractivity contribution in [1.82, 2.24) is 9.97 Å². The first kappa shape index (κ1) is 20.0. The second-order valence-electron chi connectivity index (χ2n) is 8.31. The van der Waals surface area contributed by atoms with Gasteiger partial charge >= 0.3 is 0 Å². The van der Waals surface area contributed by atoms with E-state index in [0.29, 0.717) is 6.42 Å². The van der Waals surface area contributed by atoms with Crippen molar-refractivity contribution in [2.75, 3.05) is 0 Å². The summed E-state index contributed by atoms with van der Waals surface area (Å²) in [6, 6.07) is 12.9. The number of benzene rings is 1. The number of ketones is 1. The first-order chi connectivity index (χ1) is 14.1. The topological polar surface area (TPSA) is 42.9 Å². The summed E-state index contributed by atoms with van der Waals surface area (Å²) >= 11 is 1.50. The second kappa shape index (κ2) is 8.58. The second-order valence-corrected chi connectivity index (χ2v) is 9.30. The molecule has 4 rings (SSSR count). The standard InChI is InChI=1S/C25H28N2OS/c1-18-8-10-21(11-9-18)25(13-4-3-5-14-25)15-12-22(28)23-19(2)27-24(29-23)20-7-6-16-26-17-20/h6-11,16-17H,3-5,12-15H2,1-2H3. The number of rotatable bonds is 6. The smallest absolute Gasteiger partial charge is 0.174 e. The first-order valence-corrected chi connectivity index (χ1v) is 11.4. The number of nitrogens with zero attached hydrogens (tertiary/aromatic N) is 2. The minimum Gasteiger partial charge on any atom is -0.293 e. The molecule has 2 heterocycles. The average Bonchev–Trinajstić information content (AvgIpc) is 3.15. The van der Waals surface area contributed by atoms with Crippen molar-refractivity contribution >= 4 is 17.1 Å². The zero-order valence-electron chi connectivity index (χ0n) is 17.3. The molecule has 1 aliphatic carbocycles. The number of carbonyl (C=O) groups excluding carboxylic acids is 1. The zero-order valence-corrected chi connectivity index (χ0v) is 18.1. The molecule has 0 aliphatic heterocycles. The van der Waals surface area contributed by atoms with Gasteiger partial charge in [-0.2, -0.15) is 0 Å². The Morgan fingerprint density at radius 1 is 1.07 bits per heavy atom. The van der Waals surface area contributed by atoms with Crippen LogP contribution in [0.3, 0.4) is 0 Å². The van der Waals surface area contributed by atoms with Gasteiger partial charge in [-0.15, -0.1) is 11.3 Å². The van der Waals surface area contributed by atoms with Crippen LogP contribution >= 0.6 is 11.3 Å². The van der Waals surface area contributed by atoms with Crippen LogP contribution in [0.15, 0.2) is 48.8 Å². The largest absolute Gasteiger partial charge is 0.293 e. The average molecular weight is 405 g/mol. The lowest BCUT2D eigenvalue weighted by Crippen LogP contribution is -2.30. The third kappa shape index (κ3) is 4.32. The van der Waals surface area contributed by atoms with Gasteiger partial charge in [-0.3, -0.25) is 9.78 Å². The van der Waals surface area contributed by atoms with E-state index in [4.69, 9.17) is 0 Å². The van der Waals surface area contributed by atoms with Crippen LogP contribution in [0.1, 0.15) is 71.4 Å². The Kier molecular flexibility index (Phi) is 5.91. The van der Waals surface area contributed by atoms with Gasteiger partial charge in [0.25, 0.3) is 0 Å². The van der Waals surface area contributed by atoms with Gasteiger partial charge in [-0.1, -0.05) is 49.1 Å². The summed E-state index contributed by atoms with van der Waals surface area (Å²) in [5.41, 5.74) is 4.66. The fraction of sp³-hybridized carbons (Fsp3) is 0.400. The highest BCUT2D eigenvalue weighted by atomic mass is 32.1. The van der Waals surface area contributed by atoms with E-state index in [0.717, 1.165) is 27.6 Å². The van der Waals surface area contributed by atoms with Crippen molar-refractivity contribution in [2.24, 2.45) is 0 Å². The van der Waals surface area contributed by atoms with Crippen LogP contribution < -0.4 is 0 Å². The quantitative estimate of drug-likeness (QED) is 0.430. The lowest BCUT2D eigenvalue weighted by Gasteiger charge is -2.38. The molecule has 1 aliphatic rings. The molecule has 0 atom stereocenters. The molecule has 1 fully saturated rings. The van der Waals surface area contributed by atoms with Crippen LogP contribution in [0.5, 0.6) is 0 Å². The molecule has 1 saturated carbocycles. The highest BCUT2D eigenvalue weighted by molar-refractivity contribution is 7.17. The Labute approximate surface area is 177 Å². The Hall–Kier alpha value is -2.33. The van der Waals surface area contributed by atoms with Crippen molar-refractivity contribution in [2.45, 2.75) is 64.2 Å². The van der Waals surface area contributed by atoms with Crippen LogP contribution in [0.2, 0.25) is 0 Å². The van der Waals surface area contributed by atoms with E-state index < -0.39 is 0 Å². The lowest BCUT2D eigenvalue weighted by atomic mass is 9.66. The Morgan fingerprint density at radius 2 is 1.83 bits per heavy atom. The Morgan fingerprint density at radius 3 is 2.52 bits per heavy atom. The van der Waals surface area contributed by atoms with E-state index in [1.54, 1.807) is 12.4 Å². The minimum atomic E-state index is 0.145. The number of hydrogen-bond donors (Lipinski definition) is 0. The molecular weight excluding hydrogens is 376 g/mol. The van der Waals surface area contributed by atoms with Gasteiger partial charge < -0.3 is 0 Å². The van der Waals surface area contributed by atoms with Gasteiger partial charge in [0, 0.05) is 24.4 Å². The summed E-state index contributed by atoms with van der Waals surface area (Å²) in [4.78, 5) is 22.8. The van der Waals surface area contributed by atoms with Gasteiger partial charge in [-0.25, -0.2) is 4.98 Å². The number of thiazole rings is 1. The summed E-state index contributed by atoms with van der Waals surface area (Å²) in [6.07, 6.45) is 11.3. The SMILES string of the molecule is Cc1ccc(C2(CCC(=O)c3sc(-c4cccnc4)nc3C)CCCCC2)cc1. The molecule has 0 amide bonds. The predicted octanol–water partition coefficient (Wildman–Crippen LogP) is 6.69. The molecule has 3 aromatic rings. The maximum absolute atomic E-state index is 13.1. The molecule has 0 bridgehead atoms. The number of aromatic nitrogens is 2. The highest BCUT2D eigenvalue weighted by Crippen LogP contribution is 2.43. The summed E-state index contributed by atoms with van der Waals surface area (Å²) in [6.45, 7) is 4.08. The molecule has 0 unspecified atom stereocenters. The molecule has 0 N–H and O–H groups in total. The fourth-order valence-corrected chi connectivity index (χ4v) is 5.58. The third-order valence-corrected chi connectivity index (χ3v) is 7.51. The van der Waals surface area contributed by atoms with E-state index in [1.807, 2.05) is 19.1 Å². The highest BCUT2D eigenvalue weighted by Gasteiger charge is 2.34. The van der Waals surface area contributed by atoms with Crippen LogP contribution in [0, 0.1) is 13.8 Å². The monoisotopic (exact) mass is 404 g/mol. The Bertz CT molecular complexity index is 970. The minimum absolute atomic E-state index is 0.145. The summed E-state index contributed by atoms with van der Waals surface area (Å²) < 4.78 is 0. The first-order valence-electron chi connectivity index (χ1n) is 10.6. The number of Topliss-reactive ketones (excluding diaryl/α,β-unsaturated/α-hetero) is 1. The third-order valence-electron chi connectivity index (χ3n) is 6.26. The van der Waals surface area contributed by atoms with Gasteiger partial charge in [0.15, 0.2) is 5.78 Å². The van der Waals surface area contributed by atoms with E-state index in [9.17, 15) is 4.79 Å². The van der Waals surface area contributed by atoms with Gasteiger partial charge in [0.1, 0.15) is 5.01 Å². The lowest BCUT2D eigenvalue weighted by molar-refractivity contribution is 0.0966. The summed E-state index contributed by atoms with van der Waals surface area (Å²) in [5, 5.41) is 0.880. The zero-order chi connectivity index (χ0) is 20.3. The molecule has 3 nitrogen and oxygen atoms in total. The normalized spacial score (nSPS) is 15.9.